The third kappa shape index (κ3) is 16.5. The zero-order valence-corrected chi connectivity index (χ0v) is 23.2. The first-order valence-electron chi connectivity index (χ1n) is 10.7. The Morgan fingerprint density at radius 1 is 0.677 bits per heavy atom. The largest absolute Gasteiger partial charge is 0.464 e. The number of hydrogen-bond donors (Lipinski definition) is 0. The van der Waals surface area contributed by atoms with Crippen LogP contribution in [0.1, 0.15) is 51.4 Å². The Kier molecular flexibility index (Phi) is 21.0. The monoisotopic (exact) mass is 515 g/mol. The quantitative estimate of drug-likeness (QED) is 0.0940. The molecule has 6 nitrogen and oxygen atoms in total. The highest BCUT2D eigenvalue weighted by Crippen LogP contribution is 2.21. The van der Waals surface area contributed by atoms with Crippen molar-refractivity contribution in [1.82, 2.24) is 5.06 Å². The van der Waals surface area contributed by atoms with Crippen LogP contribution in [0.15, 0.2) is 0 Å². The molecule has 0 aromatic rings. The maximum atomic E-state index is 11.8. The van der Waals surface area contributed by atoms with E-state index in [0.717, 1.165) is 51.4 Å². The minimum atomic E-state index is -0.128. The third-order valence-electron chi connectivity index (χ3n) is 4.43. The van der Waals surface area contributed by atoms with Gasteiger partial charge in [-0.25, -0.2) is 9.59 Å². The molecule has 0 spiro atoms. The van der Waals surface area contributed by atoms with E-state index in [-0.39, 0.29) is 27.2 Å². The van der Waals surface area contributed by atoms with Crippen molar-refractivity contribution in [3.63, 3.8) is 0 Å². The van der Waals surface area contributed by atoms with E-state index < -0.39 is 0 Å². The van der Waals surface area contributed by atoms with Crippen molar-refractivity contribution in [2.45, 2.75) is 66.6 Å². The minimum absolute atomic E-state index is 0.126. The number of ether oxygens (including phenoxy) is 2. The van der Waals surface area contributed by atoms with Crippen molar-refractivity contribution in [1.29, 1.82) is 0 Å². The van der Waals surface area contributed by atoms with E-state index in [9.17, 15) is 9.59 Å². The van der Waals surface area contributed by atoms with Gasteiger partial charge in [-0.05, 0) is 63.5 Å². The molecule has 10 heteroatoms. The van der Waals surface area contributed by atoms with Gasteiger partial charge in [0.1, 0.15) is 9.16 Å². The van der Waals surface area contributed by atoms with Gasteiger partial charge in [-0.2, -0.15) is 5.06 Å². The Morgan fingerprint density at radius 2 is 1.06 bits per heavy atom. The van der Waals surface area contributed by atoms with Crippen LogP contribution in [0.4, 0.5) is 0 Å². The number of esters is 2. The maximum absolute atomic E-state index is 11.8. The van der Waals surface area contributed by atoms with Crippen LogP contribution in [0.3, 0.4) is 0 Å². The van der Waals surface area contributed by atoms with Crippen LogP contribution in [-0.4, -0.2) is 84.6 Å². The van der Waals surface area contributed by atoms with Gasteiger partial charge in [0.2, 0.25) is 0 Å². The van der Waals surface area contributed by atoms with Gasteiger partial charge < -0.3 is 9.47 Å². The summed E-state index contributed by atoms with van der Waals surface area (Å²) in [6, 6.07) is 0. The lowest BCUT2D eigenvalue weighted by Crippen LogP contribution is -2.23. The van der Waals surface area contributed by atoms with Gasteiger partial charge in [-0.1, -0.05) is 12.8 Å². The average Bonchev–Trinajstić information content (AvgIpc) is 2.74. The highest BCUT2D eigenvalue weighted by Gasteiger charge is 2.18. The summed E-state index contributed by atoms with van der Waals surface area (Å²) in [7, 11) is 3.82. The molecule has 0 aliphatic carbocycles. The summed E-state index contributed by atoms with van der Waals surface area (Å²) in [5.74, 6) is -0.256. The van der Waals surface area contributed by atoms with E-state index in [0.29, 0.717) is 13.2 Å². The number of thioether (sulfide) groups is 4. The standard InChI is InChI=1S/C21H41NO5S4/c1-22(2)27-17(13-9-7-11-15-25-18(23)20(28-3)29-4)14-10-8-12-16-26-19(24)21(30-5)31-6/h17,20-21H,7-16H2,1-6H3. The van der Waals surface area contributed by atoms with Gasteiger partial charge in [0, 0.05) is 14.1 Å². The first-order valence-corrected chi connectivity index (χ1v) is 15.8. The fourth-order valence-electron chi connectivity index (χ4n) is 2.91. The molecule has 0 aliphatic heterocycles. The summed E-state index contributed by atoms with van der Waals surface area (Å²) >= 11 is 6.05. The van der Waals surface area contributed by atoms with Gasteiger partial charge in [-0.15, -0.1) is 47.0 Å². The first-order chi connectivity index (χ1) is 14.9. The molecule has 0 amide bonds. The van der Waals surface area contributed by atoms with Gasteiger partial charge in [0.15, 0.2) is 0 Å². The second-order valence-electron chi connectivity index (χ2n) is 7.18. The first kappa shape index (κ1) is 31.3. The molecule has 0 rings (SSSR count). The van der Waals surface area contributed by atoms with Crippen molar-refractivity contribution < 1.29 is 23.9 Å². The van der Waals surface area contributed by atoms with Crippen molar-refractivity contribution in [2.75, 3.05) is 52.3 Å². The number of carbonyl (C=O) groups is 2. The molecular weight excluding hydrogens is 475 g/mol. The van der Waals surface area contributed by atoms with Crippen LogP contribution in [0.25, 0.3) is 0 Å². The van der Waals surface area contributed by atoms with Gasteiger partial charge in [-0.3, -0.25) is 4.84 Å². The number of nitrogens with zero attached hydrogens (tertiary/aromatic N) is 1. The molecule has 0 aliphatic rings. The normalized spacial score (nSPS) is 11.7. The average molecular weight is 516 g/mol. The van der Waals surface area contributed by atoms with E-state index in [1.165, 1.54) is 47.0 Å². The Balaban J connectivity index is 3.94. The van der Waals surface area contributed by atoms with Crippen molar-refractivity contribution >= 4 is 59.0 Å². The maximum Gasteiger partial charge on any atom is 0.329 e. The molecule has 0 N–H and O–H groups in total. The number of unbranched alkanes of at least 4 members (excludes halogenated alkanes) is 4. The molecule has 0 unspecified atom stereocenters. The fraction of sp³-hybridized carbons (Fsp3) is 0.905. The van der Waals surface area contributed by atoms with Crippen LogP contribution in [-0.2, 0) is 23.9 Å². The van der Waals surface area contributed by atoms with Crippen molar-refractivity contribution in [3.05, 3.63) is 0 Å². The molecule has 0 heterocycles. The van der Waals surface area contributed by atoms with Crippen LogP contribution >= 0.6 is 47.0 Å². The van der Waals surface area contributed by atoms with Crippen LogP contribution in [0.2, 0.25) is 0 Å². The Morgan fingerprint density at radius 3 is 1.39 bits per heavy atom. The zero-order chi connectivity index (χ0) is 23.5. The van der Waals surface area contributed by atoms with E-state index in [2.05, 4.69) is 0 Å². The topological polar surface area (TPSA) is 65.1 Å². The van der Waals surface area contributed by atoms with Crippen LogP contribution < -0.4 is 0 Å². The Bertz CT molecular complexity index is 427. The smallest absolute Gasteiger partial charge is 0.329 e. The second-order valence-corrected chi connectivity index (χ2v) is 11.5. The molecule has 0 saturated carbocycles. The van der Waals surface area contributed by atoms with Crippen molar-refractivity contribution in [3.8, 4) is 0 Å². The molecule has 0 fully saturated rings. The number of hydrogen-bond acceptors (Lipinski definition) is 10. The molecule has 0 aromatic heterocycles. The lowest BCUT2D eigenvalue weighted by atomic mass is 10.0. The summed E-state index contributed by atoms with van der Waals surface area (Å²) in [5, 5.41) is 1.77. The summed E-state index contributed by atoms with van der Waals surface area (Å²) in [4.78, 5) is 29.6. The Hall–Kier alpha value is 0.260. The minimum Gasteiger partial charge on any atom is -0.464 e. The molecule has 0 atom stereocenters. The van der Waals surface area contributed by atoms with Gasteiger partial charge in [0.05, 0.1) is 19.3 Å². The summed E-state index contributed by atoms with van der Waals surface area (Å²) in [6.07, 6.45) is 15.8. The third-order valence-corrected chi connectivity index (χ3v) is 9.22. The second kappa shape index (κ2) is 20.8. The summed E-state index contributed by atoms with van der Waals surface area (Å²) in [5.41, 5.74) is 0. The number of rotatable bonds is 20. The van der Waals surface area contributed by atoms with Gasteiger partial charge in [0.25, 0.3) is 0 Å². The van der Waals surface area contributed by atoms with Crippen molar-refractivity contribution in [2.24, 2.45) is 0 Å². The molecule has 184 valence electrons. The van der Waals surface area contributed by atoms with E-state index in [1.807, 2.05) is 39.1 Å². The highest BCUT2D eigenvalue weighted by molar-refractivity contribution is 8.17. The lowest BCUT2D eigenvalue weighted by molar-refractivity contribution is -0.169. The summed E-state index contributed by atoms with van der Waals surface area (Å²) < 4.78 is 10.4. The fourth-order valence-corrected chi connectivity index (χ4v) is 5.49. The van der Waals surface area contributed by atoms with E-state index in [1.54, 1.807) is 5.06 Å². The zero-order valence-electron chi connectivity index (χ0n) is 19.9. The summed E-state index contributed by atoms with van der Waals surface area (Å²) in [6.45, 7) is 0.977. The number of carbonyl (C=O) groups excluding carboxylic acids is 2. The molecule has 0 radical (unpaired) electrons. The molecule has 0 aromatic carbocycles. The van der Waals surface area contributed by atoms with E-state index in [4.69, 9.17) is 14.3 Å². The Labute approximate surface area is 206 Å². The lowest BCUT2D eigenvalue weighted by Gasteiger charge is -2.21. The molecule has 0 saturated heterocycles. The van der Waals surface area contributed by atoms with Gasteiger partial charge >= 0.3 is 11.9 Å². The molecule has 31 heavy (non-hydrogen) atoms. The SMILES string of the molecule is CSC(SC)C(=O)OCCCCCC(CCCCCOC(=O)C(SC)SC)ON(C)C. The molecule has 0 bridgehead atoms. The predicted molar refractivity (Wildman–Crippen MR) is 139 cm³/mol. The highest BCUT2D eigenvalue weighted by atomic mass is 32.2. The predicted octanol–water partition coefficient (Wildman–Crippen LogP) is 5.16. The van der Waals surface area contributed by atoms with Crippen LogP contribution in [0.5, 0.6) is 0 Å². The molecular formula is C21H41NO5S4. The van der Waals surface area contributed by atoms with E-state index >= 15 is 0 Å². The number of hydroxylamine groups is 2. The van der Waals surface area contributed by atoms with Crippen LogP contribution in [0, 0.1) is 0 Å².